The van der Waals surface area contributed by atoms with Crippen LogP contribution < -0.4 is 5.32 Å². The molecule has 0 atom stereocenters. The number of thiophene rings is 1. The number of anilines is 1. The molecular formula is C19H25N3OS. The van der Waals surface area contributed by atoms with Gasteiger partial charge in [0.25, 0.3) is 0 Å². The highest BCUT2D eigenvalue weighted by Gasteiger charge is 2.17. The minimum absolute atomic E-state index is 0.0796. The Morgan fingerprint density at radius 3 is 2.67 bits per heavy atom. The monoisotopic (exact) mass is 343 g/mol. The number of benzene rings is 1. The van der Waals surface area contributed by atoms with Gasteiger partial charge < -0.3 is 5.32 Å². The molecule has 1 N–H and O–H groups in total. The zero-order chi connectivity index (χ0) is 16.8. The van der Waals surface area contributed by atoms with E-state index < -0.39 is 0 Å². The largest absolute Gasteiger partial charge is 0.325 e. The SMILES string of the molecule is Cc1ccccc1NC(=O)CN1CCCN(Cc2cccs2)CC1. The number of amides is 1. The summed E-state index contributed by atoms with van der Waals surface area (Å²) >= 11 is 1.82. The molecule has 3 rings (SSSR count). The summed E-state index contributed by atoms with van der Waals surface area (Å²) in [6.07, 6.45) is 1.11. The smallest absolute Gasteiger partial charge is 0.238 e. The predicted octanol–water partition coefficient (Wildman–Crippen LogP) is 3.20. The van der Waals surface area contributed by atoms with Crippen LogP contribution >= 0.6 is 11.3 Å². The van der Waals surface area contributed by atoms with E-state index in [0.717, 1.165) is 50.4 Å². The molecule has 5 heteroatoms. The Kier molecular flexibility index (Phi) is 6.01. The Hall–Kier alpha value is -1.69. The van der Waals surface area contributed by atoms with Crippen LogP contribution in [-0.2, 0) is 11.3 Å². The van der Waals surface area contributed by atoms with Crippen molar-refractivity contribution in [3.05, 3.63) is 52.2 Å². The second kappa shape index (κ2) is 8.42. The molecule has 0 unspecified atom stereocenters. The van der Waals surface area contributed by atoms with Crippen LogP contribution in [0.1, 0.15) is 16.9 Å². The molecule has 1 fully saturated rings. The maximum atomic E-state index is 12.3. The normalized spacial score (nSPS) is 16.7. The third kappa shape index (κ3) is 4.90. The quantitative estimate of drug-likeness (QED) is 0.905. The van der Waals surface area contributed by atoms with E-state index >= 15 is 0 Å². The standard InChI is InChI=1S/C19H25N3OS/c1-16-6-2-3-8-18(16)20-19(23)15-22-10-5-9-21(11-12-22)14-17-7-4-13-24-17/h2-4,6-8,13H,5,9-12,14-15H2,1H3,(H,20,23). The van der Waals surface area contributed by atoms with E-state index in [2.05, 4.69) is 32.6 Å². The Balaban J connectivity index is 1.47. The van der Waals surface area contributed by atoms with Crippen LogP contribution in [0.5, 0.6) is 0 Å². The van der Waals surface area contributed by atoms with Crippen molar-refractivity contribution in [2.24, 2.45) is 0 Å². The Bertz CT molecular complexity index is 656. The molecule has 24 heavy (non-hydrogen) atoms. The van der Waals surface area contributed by atoms with Crippen molar-refractivity contribution < 1.29 is 4.79 Å². The molecule has 0 bridgehead atoms. The molecule has 1 amide bonds. The van der Waals surface area contributed by atoms with Crippen LogP contribution in [-0.4, -0.2) is 48.4 Å². The van der Waals surface area contributed by atoms with Gasteiger partial charge in [-0.3, -0.25) is 14.6 Å². The number of nitrogens with one attached hydrogen (secondary N) is 1. The second-order valence-electron chi connectivity index (χ2n) is 6.35. The lowest BCUT2D eigenvalue weighted by Crippen LogP contribution is -2.36. The molecule has 0 saturated carbocycles. The van der Waals surface area contributed by atoms with Crippen LogP contribution in [0.15, 0.2) is 41.8 Å². The molecule has 0 aliphatic carbocycles. The topological polar surface area (TPSA) is 35.6 Å². The minimum atomic E-state index is 0.0796. The van der Waals surface area contributed by atoms with Crippen molar-refractivity contribution in [1.82, 2.24) is 9.80 Å². The summed E-state index contributed by atoms with van der Waals surface area (Å²) < 4.78 is 0. The third-order valence-electron chi connectivity index (χ3n) is 4.43. The molecule has 1 aromatic carbocycles. The van der Waals surface area contributed by atoms with Crippen molar-refractivity contribution >= 4 is 22.9 Å². The van der Waals surface area contributed by atoms with Gasteiger partial charge in [0.15, 0.2) is 0 Å². The summed E-state index contributed by atoms with van der Waals surface area (Å²) in [6, 6.07) is 12.2. The first-order valence-electron chi connectivity index (χ1n) is 8.53. The molecule has 2 heterocycles. The average molecular weight is 343 g/mol. The fourth-order valence-corrected chi connectivity index (χ4v) is 3.82. The van der Waals surface area contributed by atoms with Crippen LogP contribution in [0.3, 0.4) is 0 Å². The zero-order valence-corrected chi connectivity index (χ0v) is 15.0. The van der Waals surface area contributed by atoms with Gasteiger partial charge in [-0.25, -0.2) is 0 Å². The summed E-state index contributed by atoms with van der Waals surface area (Å²) in [5, 5.41) is 5.17. The van der Waals surface area contributed by atoms with Crippen LogP contribution in [0.2, 0.25) is 0 Å². The summed E-state index contributed by atoms with van der Waals surface area (Å²) in [6.45, 7) is 7.59. The van der Waals surface area contributed by atoms with E-state index in [1.807, 2.05) is 42.5 Å². The number of carbonyl (C=O) groups is 1. The van der Waals surface area contributed by atoms with Crippen molar-refractivity contribution in [2.45, 2.75) is 19.9 Å². The van der Waals surface area contributed by atoms with Gasteiger partial charge in [-0.1, -0.05) is 24.3 Å². The van der Waals surface area contributed by atoms with Crippen molar-refractivity contribution in [3.8, 4) is 0 Å². The first kappa shape index (κ1) is 17.1. The van der Waals surface area contributed by atoms with E-state index in [-0.39, 0.29) is 5.91 Å². The fourth-order valence-electron chi connectivity index (χ4n) is 3.07. The van der Waals surface area contributed by atoms with Gasteiger partial charge in [0.2, 0.25) is 5.91 Å². The first-order valence-corrected chi connectivity index (χ1v) is 9.41. The molecule has 128 valence electrons. The maximum Gasteiger partial charge on any atom is 0.238 e. The van der Waals surface area contributed by atoms with Gasteiger partial charge in [-0.15, -0.1) is 11.3 Å². The molecule has 1 aliphatic heterocycles. The van der Waals surface area contributed by atoms with Crippen LogP contribution in [0.25, 0.3) is 0 Å². The number of rotatable bonds is 5. The molecule has 0 spiro atoms. The Morgan fingerprint density at radius 2 is 1.88 bits per heavy atom. The fraction of sp³-hybridized carbons (Fsp3) is 0.421. The van der Waals surface area contributed by atoms with Crippen molar-refractivity contribution in [3.63, 3.8) is 0 Å². The van der Waals surface area contributed by atoms with Crippen LogP contribution in [0.4, 0.5) is 5.69 Å². The summed E-state index contributed by atoms with van der Waals surface area (Å²) in [5.74, 6) is 0.0796. The van der Waals surface area contributed by atoms with E-state index in [9.17, 15) is 4.79 Å². The van der Waals surface area contributed by atoms with Gasteiger partial charge >= 0.3 is 0 Å². The average Bonchev–Trinajstić information content (AvgIpc) is 2.97. The molecule has 0 radical (unpaired) electrons. The summed E-state index contributed by atoms with van der Waals surface area (Å²) in [4.78, 5) is 18.5. The minimum Gasteiger partial charge on any atom is -0.325 e. The van der Waals surface area contributed by atoms with E-state index in [0.29, 0.717) is 6.54 Å². The maximum absolute atomic E-state index is 12.3. The lowest BCUT2D eigenvalue weighted by atomic mass is 10.2. The van der Waals surface area contributed by atoms with Crippen LogP contribution in [0, 0.1) is 6.92 Å². The van der Waals surface area contributed by atoms with Crippen molar-refractivity contribution in [2.75, 3.05) is 38.0 Å². The molecule has 1 aromatic heterocycles. The highest BCUT2D eigenvalue weighted by Crippen LogP contribution is 2.15. The molecule has 4 nitrogen and oxygen atoms in total. The van der Waals surface area contributed by atoms with Gasteiger partial charge in [0.1, 0.15) is 0 Å². The lowest BCUT2D eigenvalue weighted by molar-refractivity contribution is -0.117. The van der Waals surface area contributed by atoms with E-state index in [4.69, 9.17) is 0 Å². The highest BCUT2D eigenvalue weighted by molar-refractivity contribution is 7.09. The zero-order valence-electron chi connectivity index (χ0n) is 14.2. The number of carbonyl (C=O) groups excluding carboxylic acids is 1. The number of hydrogen-bond acceptors (Lipinski definition) is 4. The van der Waals surface area contributed by atoms with E-state index in [1.165, 1.54) is 4.88 Å². The highest BCUT2D eigenvalue weighted by atomic mass is 32.1. The van der Waals surface area contributed by atoms with Crippen molar-refractivity contribution in [1.29, 1.82) is 0 Å². The molecule has 1 saturated heterocycles. The predicted molar refractivity (Wildman–Crippen MR) is 100 cm³/mol. The van der Waals surface area contributed by atoms with Gasteiger partial charge in [0, 0.05) is 30.2 Å². The number of para-hydroxylation sites is 1. The number of aryl methyl sites for hydroxylation is 1. The Morgan fingerprint density at radius 1 is 1.08 bits per heavy atom. The summed E-state index contributed by atoms with van der Waals surface area (Å²) in [5.41, 5.74) is 2.01. The van der Waals surface area contributed by atoms with Gasteiger partial charge in [0.05, 0.1) is 6.54 Å². The number of nitrogens with zero attached hydrogens (tertiary/aromatic N) is 2. The summed E-state index contributed by atoms with van der Waals surface area (Å²) in [7, 11) is 0. The molecule has 1 aliphatic rings. The lowest BCUT2D eigenvalue weighted by Gasteiger charge is -2.21. The van der Waals surface area contributed by atoms with Gasteiger partial charge in [-0.05, 0) is 49.5 Å². The molecule has 2 aromatic rings. The first-order chi connectivity index (χ1) is 11.7. The number of hydrogen-bond donors (Lipinski definition) is 1. The third-order valence-corrected chi connectivity index (χ3v) is 5.29. The van der Waals surface area contributed by atoms with E-state index in [1.54, 1.807) is 0 Å². The second-order valence-corrected chi connectivity index (χ2v) is 7.38. The Labute approximate surface area is 148 Å². The molecular weight excluding hydrogens is 318 g/mol. The van der Waals surface area contributed by atoms with Gasteiger partial charge in [-0.2, -0.15) is 0 Å².